The standard InChI is InChI=1S/C16H18N4O3/c21-15(10-1-2-14-17-5-6-19(14)7-10)18-4-3-11-12-8-20(16(22)23)9-13(11)12/h1-2,5-7,11-13H,3-4,8-9H2,(H,18,21)(H,22,23). The number of pyridine rings is 1. The minimum Gasteiger partial charge on any atom is -0.465 e. The zero-order valence-corrected chi connectivity index (χ0v) is 12.6. The molecule has 2 amide bonds. The lowest BCUT2D eigenvalue weighted by Gasteiger charge is -2.15. The summed E-state index contributed by atoms with van der Waals surface area (Å²) < 4.78 is 1.82. The molecule has 2 aliphatic rings. The van der Waals surface area contributed by atoms with Crippen molar-refractivity contribution >= 4 is 17.6 Å². The van der Waals surface area contributed by atoms with Crippen LogP contribution in [0.4, 0.5) is 4.79 Å². The molecule has 3 heterocycles. The van der Waals surface area contributed by atoms with Crippen LogP contribution in [-0.4, -0.2) is 51.0 Å². The van der Waals surface area contributed by atoms with Gasteiger partial charge in [-0.3, -0.25) is 4.79 Å². The first-order chi connectivity index (χ1) is 11.1. The van der Waals surface area contributed by atoms with Crippen LogP contribution in [0.5, 0.6) is 0 Å². The molecule has 2 fully saturated rings. The molecule has 0 bridgehead atoms. The first-order valence-corrected chi connectivity index (χ1v) is 7.82. The molecule has 1 aliphatic heterocycles. The normalized spacial score (nSPS) is 25.4. The number of aromatic nitrogens is 2. The van der Waals surface area contributed by atoms with Crippen molar-refractivity contribution in [3.63, 3.8) is 0 Å². The van der Waals surface area contributed by atoms with Crippen LogP contribution in [0.3, 0.4) is 0 Å². The number of carbonyl (C=O) groups is 2. The molecule has 2 aromatic heterocycles. The van der Waals surface area contributed by atoms with Crippen molar-refractivity contribution in [2.24, 2.45) is 17.8 Å². The number of imidazole rings is 1. The van der Waals surface area contributed by atoms with Crippen LogP contribution < -0.4 is 5.32 Å². The summed E-state index contributed by atoms with van der Waals surface area (Å²) in [5, 5.41) is 11.9. The second-order valence-electron chi connectivity index (χ2n) is 6.33. The van der Waals surface area contributed by atoms with E-state index in [1.807, 2.05) is 16.7 Å². The maximum Gasteiger partial charge on any atom is 0.407 e. The summed E-state index contributed by atoms with van der Waals surface area (Å²) in [5.41, 5.74) is 1.43. The Morgan fingerprint density at radius 1 is 1.30 bits per heavy atom. The zero-order valence-electron chi connectivity index (χ0n) is 12.6. The Hall–Kier alpha value is -2.57. The Labute approximate surface area is 132 Å². The van der Waals surface area contributed by atoms with Crippen LogP contribution >= 0.6 is 0 Å². The smallest absolute Gasteiger partial charge is 0.407 e. The van der Waals surface area contributed by atoms with E-state index in [2.05, 4.69) is 10.3 Å². The van der Waals surface area contributed by atoms with Crippen molar-refractivity contribution < 1.29 is 14.7 Å². The number of carboxylic acid groups (broad SMARTS) is 1. The number of nitrogens with one attached hydrogen (secondary N) is 1. The van der Waals surface area contributed by atoms with Gasteiger partial charge in [0, 0.05) is 38.2 Å². The van der Waals surface area contributed by atoms with Crippen molar-refractivity contribution in [1.29, 1.82) is 0 Å². The highest BCUT2D eigenvalue weighted by atomic mass is 16.4. The third-order valence-electron chi connectivity index (χ3n) is 5.06. The number of nitrogens with zero attached hydrogens (tertiary/aromatic N) is 3. The molecule has 2 aromatic rings. The molecule has 7 nitrogen and oxygen atoms in total. The Balaban J connectivity index is 1.26. The lowest BCUT2D eigenvalue weighted by atomic mass is 10.2. The molecule has 2 unspecified atom stereocenters. The fourth-order valence-electron chi connectivity index (χ4n) is 3.74. The zero-order chi connectivity index (χ0) is 16.0. The third kappa shape index (κ3) is 2.52. The quantitative estimate of drug-likeness (QED) is 0.891. The maximum atomic E-state index is 12.2. The van der Waals surface area contributed by atoms with Crippen molar-refractivity contribution in [3.8, 4) is 0 Å². The van der Waals surface area contributed by atoms with E-state index in [1.165, 1.54) is 4.90 Å². The highest BCUT2D eigenvalue weighted by Crippen LogP contribution is 2.53. The molecule has 7 heteroatoms. The van der Waals surface area contributed by atoms with E-state index in [4.69, 9.17) is 5.11 Å². The van der Waals surface area contributed by atoms with Crippen molar-refractivity contribution in [3.05, 3.63) is 36.3 Å². The largest absolute Gasteiger partial charge is 0.465 e. The molecule has 2 atom stereocenters. The minimum absolute atomic E-state index is 0.0847. The second-order valence-corrected chi connectivity index (χ2v) is 6.33. The average molecular weight is 314 g/mol. The Morgan fingerprint density at radius 2 is 2.09 bits per heavy atom. The molecular weight excluding hydrogens is 296 g/mol. The molecule has 23 heavy (non-hydrogen) atoms. The molecule has 1 saturated carbocycles. The van der Waals surface area contributed by atoms with Crippen LogP contribution in [-0.2, 0) is 0 Å². The summed E-state index contributed by atoms with van der Waals surface area (Å²) in [6.45, 7) is 1.93. The fourth-order valence-corrected chi connectivity index (χ4v) is 3.74. The van der Waals surface area contributed by atoms with Gasteiger partial charge in [-0.05, 0) is 36.3 Å². The van der Waals surface area contributed by atoms with Crippen molar-refractivity contribution in [1.82, 2.24) is 19.6 Å². The van der Waals surface area contributed by atoms with Gasteiger partial charge in [0.1, 0.15) is 5.65 Å². The average Bonchev–Trinajstić information content (AvgIpc) is 2.96. The van der Waals surface area contributed by atoms with Gasteiger partial charge in [-0.1, -0.05) is 0 Å². The minimum atomic E-state index is -0.820. The first kappa shape index (κ1) is 14.0. The van der Waals surface area contributed by atoms with Crippen LogP contribution in [0.1, 0.15) is 16.8 Å². The van der Waals surface area contributed by atoms with Gasteiger partial charge in [0.25, 0.3) is 5.91 Å². The van der Waals surface area contributed by atoms with Gasteiger partial charge >= 0.3 is 6.09 Å². The van der Waals surface area contributed by atoms with Crippen molar-refractivity contribution in [2.45, 2.75) is 6.42 Å². The molecule has 0 aromatic carbocycles. The molecule has 4 rings (SSSR count). The Kier molecular flexibility index (Phi) is 3.21. The van der Waals surface area contributed by atoms with Gasteiger partial charge < -0.3 is 19.7 Å². The first-order valence-electron chi connectivity index (χ1n) is 7.82. The number of carbonyl (C=O) groups excluding carboxylic acids is 1. The maximum absolute atomic E-state index is 12.2. The van der Waals surface area contributed by atoms with E-state index in [0.717, 1.165) is 12.1 Å². The number of hydrogen-bond acceptors (Lipinski definition) is 3. The Bertz CT molecular complexity index is 760. The molecule has 120 valence electrons. The van der Waals surface area contributed by atoms with E-state index in [-0.39, 0.29) is 5.91 Å². The van der Waals surface area contributed by atoms with Crippen LogP contribution in [0.15, 0.2) is 30.7 Å². The molecule has 1 aliphatic carbocycles. The summed E-state index contributed by atoms with van der Waals surface area (Å²) in [4.78, 5) is 28.7. The van der Waals surface area contributed by atoms with Crippen molar-refractivity contribution in [2.75, 3.05) is 19.6 Å². The molecule has 0 spiro atoms. The van der Waals surface area contributed by atoms with Gasteiger partial charge in [0.15, 0.2) is 0 Å². The van der Waals surface area contributed by atoms with Crippen LogP contribution in [0.2, 0.25) is 0 Å². The highest BCUT2D eigenvalue weighted by Gasteiger charge is 2.55. The topological polar surface area (TPSA) is 86.9 Å². The molecule has 2 N–H and O–H groups in total. The number of likely N-dealkylation sites (tertiary alicyclic amines) is 1. The summed E-state index contributed by atoms with van der Waals surface area (Å²) in [6, 6.07) is 3.59. The number of hydrogen-bond donors (Lipinski definition) is 2. The summed E-state index contributed by atoms with van der Waals surface area (Å²) in [6.07, 6.45) is 5.38. The molecule has 0 radical (unpaired) electrons. The van der Waals surface area contributed by atoms with E-state index in [0.29, 0.717) is 43.0 Å². The van der Waals surface area contributed by atoms with Gasteiger partial charge in [0.05, 0.1) is 5.56 Å². The summed E-state index contributed by atoms with van der Waals surface area (Å²) in [7, 11) is 0. The number of fused-ring (bicyclic) bond motifs is 2. The van der Waals surface area contributed by atoms with E-state index < -0.39 is 6.09 Å². The van der Waals surface area contributed by atoms with E-state index >= 15 is 0 Å². The van der Waals surface area contributed by atoms with Gasteiger partial charge in [-0.2, -0.15) is 0 Å². The lowest BCUT2D eigenvalue weighted by molar-refractivity contribution is 0.0951. The molecular formula is C16H18N4O3. The third-order valence-corrected chi connectivity index (χ3v) is 5.06. The van der Waals surface area contributed by atoms with E-state index in [9.17, 15) is 9.59 Å². The summed E-state index contributed by atoms with van der Waals surface area (Å²) >= 11 is 0. The van der Waals surface area contributed by atoms with Crippen LogP contribution in [0.25, 0.3) is 5.65 Å². The SMILES string of the molecule is O=C(NCCC1C2CN(C(=O)O)CC12)c1ccc2nccn2c1. The highest BCUT2D eigenvalue weighted by molar-refractivity contribution is 5.94. The van der Waals surface area contributed by atoms with Gasteiger partial charge in [0.2, 0.25) is 0 Å². The van der Waals surface area contributed by atoms with Gasteiger partial charge in [-0.15, -0.1) is 0 Å². The fraction of sp³-hybridized carbons (Fsp3) is 0.438. The summed E-state index contributed by atoms with van der Waals surface area (Å²) in [5.74, 6) is 1.45. The predicted molar refractivity (Wildman–Crippen MR) is 82.2 cm³/mol. The second kappa shape index (κ2) is 5.26. The lowest BCUT2D eigenvalue weighted by Crippen LogP contribution is -2.31. The monoisotopic (exact) mass is 314 g/mol. The number of rotatable bonds is 4. The number of amides is 2. The van der Waals surface area contributed by atoms with E-state index in [1.54, 1.807) is 18.5 Å². The molecule has 1 saturated heterocycles. The van der Waals surface area contributed by atoms with Gasteiger partial charge in [-0.25, -0.2) is 9.78 Å². The van der Waals surface area contributed by atoms with Crippen LogP contribution in [0, 0.1) is 17.8 Å². The number of piperidine rings is 1. The predicted octanol–water partition coefficient (Wildman–Crippen LogP) is 1.31. The Morgan fingerprint density at radius 3 is 2.83 bits per heavy atom.